The maximum atomic E-state index is 13.7. The van der Waals surface area contributed by atoms with Crippen LogP contribution in [0.5, 0.6) is 0 Å². The normalized spacial score (nSPS) is 22.5. The number of benzene rings is 2. The summed E-state index contributed by atoms with van der Waals surface area (Å²) >= 11 is 0. The maximum absolute atomic E-state index is 13.7. The molecule has 2 N–H and O–H groups in total. The minimum atomic E-state index is -1.58. The number of hydrogen-bond donors (Lipinski definition) is 2. The van der Waals surface area contributed by atoms with Gasteiger partial charge in [0.25, 0.3) is 0 Å². The number of halogens is 3. The Bertz CT molecular complexity index is 1340. The second-order valence-corrected chi connectivity index (χ2v) is 8.38. The molecular formula is C23H21F3N6O3. The lowest BCUT2D eigenvalue weighted by molar-refractivity contribution is -0.161. The SMILES string of the molecule is Cc1cccc(-n2cnnc2C2CC(n3cc(-c4cc(F)c(F)c(F)c4)nn3)C(O)C(CO)O2)c1. The Hall–Kier alpha value is -3.61. The summed E-state index contributed by atoms with van der Waals surface area (Å²) in [6.45, 7) is 1.49. The minimum Gasteiger partial charge on any atom is -0.394 e. The number of aromatic nitrogens is 6. The first kappa shape index (κ1) is 23.1. The molecule has 35 heavy (non-hydrogen) atoms. The molecule has 1 saturated heterocycles. The standard InChI is InChI=1S/C23H21F3N6O3/c1-12-3-2-4-14(5-12)31-11-27-29-23(31)19-8-18(22(34)20(10-33)35-19)32-9-17(28-30-32)13-6-15(24)21(26)16(25)7-13/h2-7,9,11,18-20,22,33-34H,8,10H2,1H3. The van der Waals surface area contributed by atoms with Gasteiger partial charge in [-0.15, -0.1) is 15.3 Å². The number of aliphatic hydroxyl groups excluding tert-OH is 2. The highest BCUT2D eigenvalue weighted by atomic mass is 19.2. The van der Waals surface area contributed by atoms with E-state index in [9.17, 15) is 23.4 Å². The summed E-state index contributed by atoms with van der Waals surface area (Å²) in [5.74, 6) is -3.81. The van der Waals surface area contributed by atoms with Gasteiger partial charge in [-0.25, -0.2) is 17.9 Å². The van der Waals surface area contributed by atoms with Crippen molar-refractivity contribution in [2.75, 3.05) is 6.61 Å². The van der Waals surface area contributed by atoms with Gasteiger partial charge in [-0.3, -0.25) is 4.57 Å². The molecule has 4 atom stereocenters. The molecule has 4 aromatic rings. The molecule has 0 spiro atoms. The van der Waals surface area contributed by atoms with Crippen molar-refractivity contribution in [1.82, 2.24) is 29.8 Å². The van der Waals surface area contributed by atoms with Gasteiger partial charge in [0.15, 0.2) is 23.3 Å². The quantitative estimate of drug-likeness (QED) is 0.417. The highest BCUT2D eigenvalue weighted by Crippen LogP contribution is 2.38. The lowest BCUT2D eigenvalue weighted by Crippen LogP contribution is -2.45. The van der Waals surface area contributed by atoms with Crippen LogP contribution >= 0.6 is 0 Å². The number of rotatable bonds is 5. The van der Waals surface area contributed by atoms with Gasteiger partial charge < -0.3 is 14.9 Å². The van der Waals surface area contributed by atoms with Crippen LogP contribution in [0.3, 0.4) is 0 Å². The summed E-state index contributed by atoms with van der Waals surface area (Å²) in [4.78, 5) is 0. The smallest absolute Gasteiger partial charge is 0.194 e. The van der Waals surface area contributed by atoms with Crippen LogP contribution in [0.1, 0.15) is 30.0 Å². The number of nitrogens with zero attached hydrogens (tertiary/aromatic N) is 6. The van der Waals surface area contributed by atoms with Crippen LogP contribution in [0.4, 0.5) is 13.2 Å². The zero-order valence-electron chi connectivity index (χ0n) is 18.5. The lowest BCUT2D eigenvalue weighted by atomic mass is 9.95. The molecule has 2 aromatic carbocycles. The molecule has 5 rings (SSSR count). The average molecular weight is 486 g/mol. The molecular weight excluding hydrogens is 465 g/mol. The molecule has 0 radical (unpaired) electrons. The Morgan fingerprint density at radius 2 is 1.89 bits per heavy atom. The van der Waals surface area contributed by atoms with Crippen molar-refractivity contribution >= 4 is 0 Å². The van der Waals surface area contributed by atoms with E-state index in [1.807, 2.05) is 31.2 Å². The number of hydrogen-bond acceptors (Lipinski definition) is 7. The molecule has 0 aliphatic carbocycles. The first-order chi connectivity index (χ1) is 16.9. The van der Waals surface area contributed by atoms with E-state index < -0.39 is 48.4 Å². The zero-order valence-corrected chi connectivity index (χ0v) is 18.5. The molecule has 12 heteroatoms. The Balaban J connectivity index is 1.47. The Morgan fingerprint density at radius 1 is 1.11 bits per heavy atom. The lowest BCUT2D eigenvalue weighted by Gasteiger charge is -2.38. The van der Waals surface area contributed by atoms with E-state index in [1.165, 1.54) is 10.9 Å². The van der Waals surface area contributed by atoms with Crippen molar-refractivity contribution in [3.63, 3.8) is 0 Å². The number of aryl methyl sites for hydroxylation is 1. The van der Waals surface area contributed by atoms with Crippen LogP contribution in [0.2, 0.25) is 0 Å². The van der Waals surface area contributed by atoms with Gasteiger partial charge in [-0.1, -0.05) is 17.3 Å². The number of aliphatic hydroxyl groups is 2. The number of ether oxygens (including phenoxy) is 1. The molecule has 182 valence electrons. The molecule has 0 amide bonds. The van der Waals surface area contributed by atoms with E-state index in [0.29, 0.717) is 5.82 Å². The average Bonchev–Trinajstić information content (AvgIpc) is 3.53. The van der Waals surface area contributed by atoms with Gasteiger partial charge in [0.2, 0.25) is 0 Å². The molecule has 1 fully saturated rings. The first-order valence-corrected chi connectivity index (χ1v) is 10.8. The Kier molecular flexibility index (Phi) is 6.09. The van der Waals surface area contributed by atoms with E-state index in [2.05, 4.69) is 20.5 Å². The second-order valence-electron chi connectivity index (χ2n) is 8.38. The Labute approximate surface area is 197 Å². The van der Waals surface area contributed by atoms with Gasteiger partial charge in [-0.2, -0.15) is 0 Å². The van der Waals surface area contributed by atoms with E-state index in [1.54, 1.807) is 10.9 Å². The largest absolute Gasteiger partial charge is 0.394 e. The molecule has 4 unspecified atom stereocenters. The fourth-order valence-corrected chi connectivity index (χ4v) is 4.25. The van der Waals surface area contributed by atoms with Crippen LogP contribution in [0, 0.1) is 24.4 Å². The predicted molar refractivity (Wildman–Crippen MR) is 116 cm³/mol. The van der Waals surface area contributed by atoms with Crippen molar-refractivity contribution < 1.29 is 28.1 Å². The van der Waals surface area contributed by atoms with E-state index >= 15 is 0 Å². The highest BCUT2D eigenvalue weighted by molar-refractivity contribution is 5.57. The molecule has 9 nitrogen and oxygen atoms in total. The summed E-state index contributed by atoms with van der Waals surface area (Å²) in [7, 11) is 0. The molecule has 3 heterocycles. The van der Waals surface area contributed by atoms with Crippen molar-refractivity contribution in [3.05, 3.63) is 77.8 Å². The predicted octanol–water partition coefficient (Wildman–Crippen LogP) is 2.68. The summed E-state index contributed by atoms with van der Waals surface area (Å²) in [5, 5.41) is 36.8. The van der Waals surface area contributed by atoms with Gasteiger partial charge in [0, 0.05) is 17.7 Å². The van der Waals surface area contributed by atoms with Crippen molar-refractivity contribution in [2.45, 2.75) is 37.7 Å². The minimum absolute atomic E-state index is 0.0105. The fourth-order valence-electron chi connectivity index (χ4n) is 4.25. The molecule has 0 saturated carbocycles. The third-order valence-corrected chi connectivity index (χ3v) is 6.02. The zero-order chi connectivity index (χ0) is 24.7. The van der Waals surface area contributed by atoms with E-state index in [0.717, 1.165) is 23.4 Å². The molecule has 1 aliphatic rings. The summed E-state index contributed by atoms with van der Waals surface area (Å²) in [5.41, 5.74) is 1.93. The van der Waals surface area contributed by atoms with Gasteiger partial charge >= 0.3 is 0 Å². The van der Waals surface area contributed by atoms with Crippen molar-refractivity contribution in [3.8, 4) is 16.9 Å². The van der Waals surface area contributed by atoms with Crippen LogP contribution in [0.25, 0.3) is 16.9 Å². The van der Waals surface area contributed by atoms with Crippen molar-refractivity contribution in [1.29, 1.82) is 0 Å². The molecule has 0 bridgehead atoms. The second kappa shape index (κ2) is 9.21. The fraction of sp³-hybridized carbons (Fsp3) is 0.304. The summed E-state index contributed by atoms with van der Waals surface area (Å²) in [6.07, 6.45) is 0.334. The molecule has 1 aliphatic heterocycles. The maximum Gasteiger partial charge on any atom is 0.194 e. The summed E-state index contributed by atoms with van der Waals surface area (Å²) in [6, 6.07) is 8.62. The van der Waals surface area contributed by atoms with Gasteiger partial charge in [0.05, 0.1) is 18.8 Å². The third kappa shape index (κ3) is 4.31. The van der Waals surface area contributed by atoms with Crippen molar-refractivity contribution in [2.24, 2.45) is 0 Å². The third-order valence-electron chi connectivity index (χ3n) is 6.02. The highest BCUT2D eigenvalue weighted by Gasteiger charge is 2.41. The molecule has 2 aromatic heterocycles. The van der Waals surface area contributed by atoms with Crippen LogP contribution < -0.4 is 0 Å². The topological polar surface area (TPSA) is 111 Å². The Morgan fingerprint density at radius 3 is 2.60 bits per heavy atom. The van der Waals surface area contributed by atoms with Crippen LogP contribution in [-0.4, -0.2) is 58.8 Å². The van der Waals surface area contributed by atoms with Crippen LogP contribution in [0.15, 0.2) is 48.9 Å². The van der Waals surface area contributed by atoms with Gasteiger partial charge in [-0.05, 0) is 36.8 Å². The van der Waals surface area contributed by atoms with Crippen LogP contribution in [-0.2, 0) is 4.74 Å². The van der Waals surface area contributed by atoms with E-state index in [4.69, 9.17) is 4.74 Å². The van der Waals surface area contributed by atoms with Gasteiger partial charge in [0.1, 0.15) is 30.3 Å². The first-order valence-electron chi connectivity index (χ1n) is 10.8. The van der Waals surface area contributed by atoms with E-state index in [-0.39, 0.29) is 17.7 Å². The summed E-state index contributed by atoms with van der Waals surface area (Å²) < 4.78 is 49.8. The monoisotopic (exact) mass is 486 g/mol.